The largest absolute Gasteiger partial charge is 0.444 e. The molecule has 0 atom stereocenters. The molecule has 0 aliphatic heterocycles. The van der Waals surface area contributed by atoms with Crippen LogP contribution < -0.4 is 5.32 Å². The second-order valence-electron chi connectivity index (χ2n) is 5.71. The third-order valence-electron chi connectivity index (χ3n) is 2.74. The molecule has 3 nitrogen and oxygen atoms in total. The highest BCUT2D eigenvalue weighted by molar-refractivity contribution is 9.10. The Morgan fingerprint density at radius 3 is 2.43 bits per heavy atom. The molecule has 0 fully saturated rings. The highest BCUT2D eigenvalue weighted by atomic mass is 79.9. The first kappa shape index (κ1) is 16.0. The summed E-state index contributed by atoms with van der Waals surface area (Å²) in [6, 6.07) is 8.03. The molecule has 1 heterocycles. The van der Waals surface area contributed by atoms with Crippen molar-refractivity contribution in [1.82, 2.24) is 0 Å². The number of nitrogens with one attached hydrogen (secondary N) is 1. The van der Waals surface area contributed by atoms with Crippen molar-refractivity contribution in [3.8, 4) is 11.1 Å². The second kappa shape index (κ2) is 6.20. The molecule has 5 heteroatoms. The number of thiophene rings is 1. The number of halogens is 1. The van der Waals surface area contributed by atoms with Crippen molar-refractivity contribution < 1.29 is 9.53 Å². The molecular weight excluding hydrogens is 350 g/mol. The third kappa shape index (κ3) is 4.32. The quantitative estimate of drug-likeness (QED) is 0.724. The summed E-state index contributed by atoms with van der Waals surface area (Å²) in [7, 11) is 0. The first-order valence-electron chi connectivity index (χ1n) is 6.60. The summed E-state index contributed by atoms with van der Waals surface area (Å²) in [6.45, 7) is 7.59. The van der Waals surface area contributed by atoms with E-state index in [0.717, 1.165) is 26.2 Å². The molecule has 2 aromatic rings. The third-order valence-corrected chi connectivity index (χ3v) is 4.18. The van der Waals surface area contributed by atoms with Gasteiger partial charge in [-0.05, 0) is 45.4 Å². The normalized spacial score (nSPS) is 11.3. The number of benzene rings is 1. The number of rotatable bonds is 2. The van der Waals surface area contributed by atoms with Crippen molar-refractivity contribution in [3.05, 3.63) is 39.0 Å². The van der Waals surface area contributed by atoms with Crippen LogP contribution in [0.1, 0.15) is 25.6 Å². The Morgan fingerprint density at radius 2 is 1.86 bits per heavy atom. The molecule has 0 saturated heterocycles. The number of hydrogen-bond acceptors (Lipinski definition) is 3. The SMILES string of the molecule is Cc1scc(NC(=O)OC(C)(C)C)c1-c1ccc(Br)cc1. The fraction of sp³-hybridized carbons (Fsp3) is 0.312. The fourth-order valence-electron chi connectivity index (χ4n) is 1.94. The monoisotopic (exact) mass is 367 g/mol. The van der Waals surface area contributed by atoms with Crippen LogP contribution in [0.2, 0.25) is 0 Å². The van der Waals surface area contributed by atoms with Gasteiger partial charge in [-0.3, -0.25) is 5.32 Å². The van der Waals surface area contributed by atoms with E-state index in [-0.39, 0.29) is 0 Å². The van der Waals surface area contributed by atoms with E-state index in [0.29, 0.717) is 0 Å². The van der Waals surface area contributed by atoms with Gasteiger partial charge in [0.25, 0.3) is 0 Å². The molecule has 0 spiro atoms. The van der Waals surface area contributed by atoms with Gasteiger partial charge in [-0.25, -0.2) is 4.79 Å². The van der Waals surface area contributed by atoms with E-state index in [1.807, 2.05) is 57.3 Å². The smallest absolute Gasteiger partial charge is 0.412 e. The lowest BCUT2D eigenvalue weighted by Gasteiger charge is -2.19. The van der Waals surface area contributed by atoms with Crippen molar-refractivity contribution in [2.24, 2.45) is 0 Å². The van der Waals surface area contributed by atoms with Crippen LogP contribution in [0, 0.1) is 6.92 Å². The Bertz CT molecular complexity index is 641. The Labute approximate surface area is 137 Å². The highest BCUT2D eigenvalue weighted by Gasteiger charge is 2.19. The van der Waals surface area contributed by atoms with Crippen molar-refractivity contribution in [1.29, 1.82) is 0 Å². The maximum absolute atomic E-state index is 11.9. The Kier molecular flexibility index (Phi) is 4.74. The van der Waals surface area contributed by atoms with Crippen LogP contribution in [-0.4, -0.2) is 11.7 Å². The maximum atomic E-state index is 11.9. The topological polar surface area (TPSA) is 38.3 Å². The number of carbonyl (C=O) groups is 1. The van der Waals surface area contributed by atoms with Gasteiger partial charge in [0.2, 0.25) is 0 Å². The molecule has 112 valence electrons. The Morgan fingerprint density at radius 1 is 1.24 bits per heavy atom. The van der Waals surface area contributed by atoms with Crippen LogP contribution in [0.3, 0.4) is 0 Å². The number of carbonyl (C=O) groups excluding carboxylic acids is 1. The van der Waals surface area contributed by atoms with Crippen LogP contribution >= 0.6 is 27.3 Å². The molecule has 1 amide bonds. The average molecular weight is 368 g/mol. The summed E-state index contributed by atoms with van der Waals surface area (Å²) in [4.78, 5) is 13.1. The minimum absolute atomic E-state index is 0.432. The van der Waals surface area contributed by atoms with Crippen molar-refractivity contribution in [2.45, 2.75) is 33.3 Å². The van der Waals surface area contributed by atoms with Crippen LogP contribution in [0.5, 0.6) is 0 Å². The van der Waals surface area contributed by atoms with Gasteiger partial charge < -0.3 is 4.74 Å². The van der Waals surface area contributed by atoms with E-state index in [1.54, 1.807) is 11.3 Å². The van der Waals surface area contributed by atoms with E-state index in [1.165, 1.54) is 0 Å². The molecule has 21 heavy (non-hydrogen) atoms. The number of hydrogen-bond donors (Lipinski definition) is 1. The fourth-order valence-corrected chi connectivity index (χ4v) is 3.02. The van der Waals surface area contributed by atoms with E-state index in [4.69, 9.17) is 4.74 Å². The summed E-state index contributed by atoms with van der Waals surface area (Å²) < 4.78 is 6.34. The molecular formula is C16H18BrNO2S. The van der Waals surface area contributed by atoms with Crippen LogP contribution in [-0.2, 0) is 4.74 Å². The van der Waals surface area contributed by atoms with Gasteiger partial charge >= 0.3 is 6.09 Å². The zero-order chi connectivity index (χ0) is 15.6. The zero-order valence-electron chi connectivity index (χ0n) is 12.5. The molecule has 0 saturated carbocycles. The first-order chi connectivity index (χ1) is 9.76. The van der Waals surface area contributed by atoms with Gasteiger partial charge in [0.05, 0.1) is 5.69 Å². The minimum atomic E-state index is -0.507. The lowest BCUT2D eigenvalue weighted by atomic mass is 10.1. The summed E-state index contributed by atoms with van der Waals surface area (Å²) in [6.07, 6.45) is -0.432. The summed E-state index contributed by atoms with van der Waals surface area (Å²) in [5.74, 6) is 0. The standard InChI is InChI=1S/C16H18BrNO2S/c1-10-14(11-5-7-12(17)8-6-11)13(9-21-10)18-15(19)20-16(2,3)4/h5-9H,1-4H3,(H,18,19). The van der Waals surface area contributed by atoms with Crippen LogP contribution in [0.25, 0.3) is 11.1 Å². The molecule has 0 unspecified atom stereocenters. The lowest BCUT2D eigenvalue weighted by molar-refractivity contribution is 0.0636. The van der Waals surface area contributed by atoms with Gasteiger partial charge in [0, 0.05) is 20.3 Å². The van der Waals surface area contributed by atoms with Gasteiger partial charge in [-0.15, -0.1) is 11.3 Å². The minimum Gasteiger partial charge on any atom is -0.444 e. The first-order valence-corrected chi connectivity index (χ1v) is 8.27. The molecule has 1 N–H and O–H groups in total. The second-order valence-corrected chi connectivity index (χ2v) is 7.71. The number of aryl methyl sites for hydroxylation is 1. The molecule has 0 radical (unpaired) electrons. The molecule has 0 aliphatic carbocycles. The number of anilines is 1. The predicted octanol–water partition coefficient (Wildman–Crippen LogP) is 5.83. The van der Waals surface area contributed by atoms with Gasteiger partial charge in [-0.1, -0.05) is 28.1 Å². The Balaban J connectivity index is 2.26. The molecule has 1 aromatic carbocycles. The Hall–Kier alpha value is -1.33. The molecule has 0 aliphatic rings. The van der Waals surface area contributed by atoms with Crippen molar-refractivity contribution in [2.75, 3.05) is 5.32 Å². The van der Waals surface area contributed by atoms with Crippen LogP contribution in [0.15, 0.2) is 34.1 Å². The summed E-state index contributed by atoms with van der Waals surface area (Å²) in [5.41, 5.74) is 2.39. The molecule has 2 rings (SSSR count). The summed E-state index contributed by atoms with van der Waals surface area (Å²) >= 11 is 5.04. The van der Waals surface area contributed by atoms with E-state index in [9.17, 15) is 4.79 Å². The van der Waals surface area contributed by atoms with Gasteiger partial charge in [-0.2, -0.15) is 0 Å². The lowest BCUT2D eigenvalue weighted by Crippen LogP contribution is -2.27. The molecule has 1 aromatic heterocycles. The van der Waals surface area contributed by atoms with Crippen molar-refractivity contribution in [3.63, 3.8) is 0 Å². The number of amides is 1. The van der Waals surface area contributed by atoms with Crippen LogP contribution in [0.4, 0.5) is 10.5 Å². The predicted molar refractivity (Wildman–Crippen MR) is 92.0 cm³/mol. The average Bonchev–Trinajstić information content (AvgIpc) is 2.69. The highest BCUT2D eigenvalue weighted by Crippen LogP contribution is 2.36. The van der Waals surface area contributed by atoms with E-state index < -0.39 is 11.7 Å². The zero-order valence-corrected chi connectivity index (χ0v) is 14.9. The van der Waals surface area contributed by atoms with Gasteiger partial charge in [0.1, 0.15) is 5.60 Å². The maximum Gasteiger partial charge on any atom is 0.412 e. The number of ether oxygens (including phenoxy) is 1. The summed E-state index contributed by atoms with van der Waals surface area (Å²) in [5, 5.41) is 4.78. The van der Waals surface area contributed by atoms with E-state index in [2.05, 4.69) is 21.2 Å². The molecule has 0 bridgehead atoms. The van der Waals surface area contributed by atoms with E-state index >= 15 is 0 Å². The van der Waals surface area contributed by atoms with Gasteiger partial charge in [0.15, 0.2) is 0 Å². The van der Waals surface area contributed by atoms with Crippen molar-refractivity contribution >= 4 is 39.0 Å².